The Morgan fingerprint density at radius 3 is 2.92 bits per heavy atom. The lowest BCUT2D eigenvalue weighted by molar-refractivity contribution is 0.602. The standard InChI is InChI=1S/C7H6N2O2S/c10-12(11)6-5-9-4-2-1-3-7(9)8-12/h1-6H. The van der Waals surface area contributed by atoms with Crippen LogP contribution in [-0.2, 0) is 10.0 Å². The summed E-state index contributed by atoms with van der Waals surface area (Å²) >= 11 is 0. The van der Waals surface area contributed by atoms with Gasteiger partial charge in [0, 0.05) is 12.4 Å². The Balaban J connectivity index is 2.50. The van der Waals surface area contributed by atoms with Crippen LogP contribution in [0.3, 0.4) is 0 Å². The summed E-state index contributed by atoms with van der Waals surface area (Å²) in [6.45, 7) is 0. The molecule has 0 amide bonds. The monoisotopic (exact) mass is 182 g/mol. The molecule has 5 heteroatoms. The Kier molecular flexibility index (Phi) is 1.41. The van der Waals surface area contributed by atoms with Crippen LogP contribution in [0.1, 0.15) is 0 Å². The zero-order valence-corrected chi connectivity index (χ0v) is 6.90. The Labute approximate surface area is 70.3 Å². The van der Waals surface area contributed by atoms with Crippen LogP contribution in [0.25, 0.3) is 0 Å². The number of sulfonamides is 1. The molecule has 12 heavy (non-hydrogen) atoms. The van der Waals surface area contributed by atoms with E-state index in [4.69, 9.17) is 0 Å². The lowest BCUT2D eigenvalue weighted by atomic mass is 10.3. The molecule has 0 aromatic heterocycles. The van der Waals surface area contributed by atoms with Crippen molar-refractivity contribution < 1.29 is 8.42 Å². The van der Waals surface area contributed by atoms with Gasteiger partial charge in [0.1, 0.15) is 5.84 Å². The highest BCUT2D eigenvalue weighted by Gasteiger charge is 2.15. The maximum absolute atomic E-state index is 10.9. The summed E-state index contributed by atoms with van der Waals surface area (Å²) in [5.74, 6) is 0.431. The molecule has 2 heterocycles. The molecule has 0 aromatic rings. The first kappa shape index (κ1) is 7.30. The van der Waals surface area contributed by atoms with Crippen LogP contribution in [0.5, 0.6) is 0 Å². The van der Waals surface area contributed by atoms with Crippen LogP contribution in [0, 0.1) is 0 Å². The SMILES string of the molecule is O=S1(=O)C=CN2C=CC=CC2=N1. The van der Waals surface area contributed by atoms with E-state index in [1.54, 1.807) is 29.3 Å². The van der Waals surface area contributed by atoms with E-state index >= 15 is 0 Å². The van der Waals surface area contributed by atoms with Crippen LogP contribution in [0.2, 0.25) is 0 Å². The van der Waals surface area contributed by atoms with Crippen LogP contribution < -0.4 is 0 Å². The number of nitrogens with zero attached hydrogens (tertiary/aromatic N) is 2. The molecule has 62 valence electrons. The minimum Gasteiger partial charge on any atom is -0.307 e. The molecule has 0 fully saturated rings. The Bertz CT molecular complexity index is 415. The zero-order chi connectivity index (χ0) is 8.60. The van der Waals surface area contributed by atoms with E-state index in [9.17, 15) is 8.42 Å². The minimum atomic E-state index is -3.37. The number of hydrogen-bond acceptors (Lipinski definition) is 3. The van der Waals surface area contributed by atoms with Crippen LogP contribution in [-0.4, -0.2) is 19.2 Å². The third-order valence-electron chi connectivity index (χ3n) is 1.48. The number of allylic oxidation sites excluding steroid dienone is 2. The molecule has 0 N–H and O–H groups in total. The second-order valence-electron chi connectivity index (χ2n) is 2.36. The second-order valence-corrected chi connectivity index (χ2v) is 3.84. The molecule has 0 bridgehead atoms. The largest absolute Gasteiger partial charge is 0.307 e. The summed E-state index contributed by atoms with van der Waals surface area (Å²) in [6, 6.07) is 0. The molecule has 0 unspecified atom stereocenters. The fraction of sp³-hybridized carbons (Fsp3) is 0. The Morgan fingerprint density at radius 1 is 1.25 bits per heavy atom. The smallest absolute Gasteiger partial charge is 0.278 e. The zero-order valence-electron chi connectivity index (χ0n) is 6.08. The van der Waals surface area contributed by atoms with Gasteiger partial charge < -0.3 is 4.90 Å². The van der Waals surface area contributed by atoms with E-state index in [1.165, 1.54) is 6.20 Å². The maximum Gasteiger partial charge on any atom is 0.278 e. The van der Waals surface area contributed by atoms with E-state index in [1.807, 2.05) is 0 Å². The first-order chi connectivity index (χ1) is 5.67. The summed E-state index contributed by atoms with van der Waals surface area (Å²) in [6.07, 6.45) is 8.40. The third-order valence-corrected chi connectivity index (χ3v) is 2.39. The molecule has 0 radical (unpaired) electrons. The molecule has 2 aliphatic rings. The van der Waals surface area contributed by atoms with Gasteiger partial charge in [-0.2, -0.15) is 8.42 Å². The quantitative estimate of drug-likeness (QED) is 0.550. The van der Waals surface area contributed by atoms with Crippen molar-refractivity contribution >= 4 is 15.9 Å². The average Bonchev–Trinajstić information content (AvgIpc) is 2.02. The molecule has 2 aliphatic heterocycles. The molecule has 0 saturated heterocycles. The predicted molar refractivity (Wildman–Crippen MR) is 45.6 cm³/mol. The number of amidine groups is 1. The van der Waals surface area contributed by atoms with Crippen molar-refractivity contribution in [3.05, 3.63) is 36.0 Å². The summed E-state index contributed by atoms with van der Waals surface area (Å²) in [5.41, 5.74) is 0. The molecule has 4 nitrogen and oxygen atoms in total. The van der Waals surface area contributed by atoms with E-state index in [2.05, 4.69) is 4.40 Å². The van der Waals surface area contributed by atoms with Crippen molar-refractivity contribution in [2.75, 3.05) is 0 Å². The second kappa shape index (κ2) is 2.31. The molecule has 0 spiro atoms. The molecular weight excluding hydrogens is 176 g/mol. The molecular formula is C7H6N2O2S. The first-order valence-electron chi connectivity index (χ1n) is 3.34. The lowest BCUT2D eigenvalue weighted by Gasteiger charge is -2.19. The highest BCUT2D eigenvalue weighted by molar-refractivity contribution is 7.93. The lowest BCUT2D eigenvalue weighted by Crippen LogP contribution is -2.24. The molecule has 0 aromatic carbocycles. The fourth-order valence-corrected chi connectivity index (χ4v) is 1.72. The van der Waals surface area contributed by atoms with Gasteiger partial charge in [-0.15, -0.1) is 4.40 Å². The first-order valence-corrected chi connectivity index (χ1v) is 4.84. The van der Waals surface area contributed by atoms with Crippen LogP contribution >= 0.6 is 0 Å². The predicted octanol–water partition coefficient (Wildman–Crippen LogP) is 0.585. The van der Waals surface area contributed by atoms with E-state index in [-0.39, 0.29) is 0 Å². The van der Waals surface area contributed by atoms with Crippen LogP contribution in [0.4, 0.5) is 0 Å². The molecule has 0 saturated carbocycles. The maximum atomic E-state index is 10.9. The molecule has 2 rings (SSSR count). The minimum absolute atomic E-state index is 0.431. The highest BCUT2D eigenvalue weighted by Crippen LogP contribution is 2.12. The third kappa shape index (κ3) is 1.18. The summed E-state index contributed by atoms with van der Waals surface area (Å²) in [4.78, 5) is 1.64. The van der Waals surface area contributed by atoms with Gasteiger partial charge in [-0.1, -0.05) is 6.08 Å². The topological polar surface area (TPSA) is 49.7 Å². The highest BCUT2D eigenvalue weighted by atomic mass is 32.2. The number of rotatable bonds is 0. The summed E-state index contributed by atoms with van der Waals surface area (Å²) in [7, 11) is -3.37. The average molecular weight is 182 g/mol. The van der Waals surface area contributed by atoms with Gasteiger partial charge in [-0.05, 0) is 12.2 Å². The molecule has 0 atom stereocenters. The Hall–Kier alpha value is -1.36. The fourth-order valence-electron chi connectivity index (χ4n) is 0.953. The van der Waals surface area contributed by atoms with Crippen molar-refractivity contribution in [1.29, 1.82) is 0 Å². The van der Waals surface area contributed by atoms with Gasteiger partial charge in [0.2, 0.25) is 0 Å². The van der Waals surface area contributed by atoms with E-state index in [0.29, 0.717) is 5.84 Å². The number of fused-ring (bicyclic) bond motifs is 1. The van der Waals surface area contributed by atoms with Crippen molar-refractivity contribution in [3.8, 4) is 0 Å². The van der Waals surface area contributed by atoms with Gasteiger partial charge in [0.05, 0.1) is 5.41 Å². The van der Waals surface area contributed by atoms with E-state index < -0.39 is 10.0 Å². The van der Waals surface area contributed by atoms with Crippen molar-refractivity contribution in [2.24, 2.45) is 4.40 Å². The molecule has 0 aliphatic carbocycles. The summed E-state index contributed by atoms with van der Waals surface area (Å²) in [5, 5.41) is 1.07. The van der Waals surface area contributed by atoms with Crippen molar-refractivity contribution in [3.63, 3.8) is 0 Å². The van der Waals surface area contributed by atoms with Crippen molar-refractivity contribution in [1.82, 2.24) is 4.90 Å². The van der Waals surface area contributed by atoms with Gasteiger partial charge in [0.15, 0.2) is 0 Å². The summed E-state index contributed by atoms with van der Waals surface area (Å²) < 4.78 is 25.4. The van der Waals surface area contributed by atoms with Gasteiger partial charge in [-0.3, -0.25) is 0 Å². The van der Waals surface area contributed by atoms with Crippen LogP contribution in [0.15, 0.2) is 40.4 Å². The van der Waals surface area contributed by atoms with Crippen molar-refractivity contribution in [2.45, 2.75) is 0 Å². The van der Waals surface area contributed by atoms with Gasteiger partial charge in [0.25, 0.3) is 10.0 Å². The van der Waals surface area contributed by atoms with Gasteiger partial charge >= 0.3 is 0 Å². The normalized spacial score (nSPS) is 23.7. The Morgan fingerprint density at radius 2 is 2.08 bits per heavy atom. The van der Waals surface area contributed by atoms with Gasteiger partial charge in [-0.25, -0.2) is 0 Å². The van der Waals surface area contributed by atoms with E-state index in [0.717, 1.165) is 5.41 Å². The number of hydrogen-bond donors (Lipinski definition) is 0.